The van der Waals surface area contributed by atoms with E-state index in [0.717, 1.165) is 5.56 Å². The molecule has 0 aliphatic carbocycles. The van der Waals surface area contributed by atoms with Crippen LogP contribution in [0, 0.1) is 6.92 Å². The molecule has 1 aliphatic heterocycles. The summed E-state index contributed by atoms with van der Waals surface area (Å²) in [4.78, 5) is 26.3. The van der Waals surface area contributed by atoms with Gasteiger partial charge in [0.25, 0.3) is 5.91 Å². The number of nitrogens with zero attached hydrogens (tertiary/aromatic N) is 2. The Balaban J connectivity index is 1.93. The lowest BCUT2D eigenvalue weighted by atomic mass is 9.87. The van der Waals surface area contributed by atoms with Crippen molar-refractivity contribution in [2.75, 3.05) is 0 Å². The van der Waals surface area contributed by atoms with Gasteiger partial charge in [-0.3, -0.25) is 9.69 Å². The average Bonchev–Trinajstić information content (AvgIpc) is 3.05. The van der Waals surface area contributed by atoms with Crippen LogP contribution in [-0.2, 0) is 16.9 Å². The van der Waals surface area contributed by atoms with Gasteiger partial charge in [0.05, 0.1) is 6.54 Å². The molecular weight excluding hydrogens is 282 g/mol. The number of amides is 3. The number of imide groups is 1. The van der Waals surface area contributed by atoms with Gasteiger partial charge in [-0.15, -0.1) is 0 Å². The molecule has 6 nitrogen and oxygen atoms in total. The second-order valence-electron chi connectivity index (χ2n) is 5.38. The Morgan fingerprint density at radius 1 is 1.27 bits per heavy atom. The molecule has 2 aromatic rings. The zero-order valence-electron chi connectivity index (χ0n) is 12.5. The molecule has 1 unspecified atom stereocenters. The monoisotopic (exact) mass is 299 g/mol. The molecule has 0 spiro atoms. The van der Waals surface area contributed by atoms with Crippen LogP contribution in [0.15, 0.2) is 40.9 Å². The number of aromatic nitrogens is 1. The Labute approximate surface area is 128 Å². The summed E-state index contributed by atoms with van der Waals surface area (Å²) < 4.78 is 4.99. The number of carbonyl (C=O) groups excluding carboxylic acids is 2. The van der Waals surface area contributed by atoms with Crippen LogP contribution in [0.2, 0.25) is 0 Å². The second kappa shape index (κ2) is 5.29. The molecule has 0 radical (unpaired) electrons. The maximum Gasteiger partial charge on any atom is 0.325 e. The predicted molar refractivity (Wildman–Crippen MR) is 78.7 cm³/mol. The van der Waals surface area contributed by atoms with Crippen molar-refractivity contribution in [3.63, 3.8) is 0 Å². The quantitative estimate of drug-likeness (QED) is 0.879. The summed E-state index contributed by atoms with van der Waals surface area (Å²) >= 11 is 0. The highest BCUT2D eigenvalue weighted by Gasteiger charge is 2.51. The second-order valence-corrected chi connectivity index (χ2v) is 5.38. The van der Waals surface area contributed by atoms with E-state index in [1.807, 2.05) is 37.3 Å². The highest BCUT2D eigenvalue weighted by atomic mass is 16.5. The van der Waals surface area contributed by atoms with Crippen molar-refractivity contribution in [1.29, 1.82) is 0 Å². The van der Waals surface area contributed by atoms with Crippen molar-refractivity contribution >= 4 is 11.9 Å². The number of benzene rings is 1. The molecule has 114 valence electrons. The fourth-order valence-corrected chi connectivity index (χ4v) is 2.79. The molecule has 1 atom stereocenters. The first kappa shape index (κ1) is 14.3. The van der Waals surface area contributed by atoms with Gasteiger partial charge >= 0.3 is 6.03 Å². The van der Waals surface area contributed by atoms with Gasteiger partial charge in [-0.1, -0.05) is 42.4 Å². The number of urea groups is 1. The van der Waals surface area contributed by atoms with E-state index < -0.39 is 11.6 Å². The normalized spacial score (nSPS) is 21.3. The molecule has 1 aromatic carbocycles. The van der Waals surface area contributed by atoms with Crippen LogP contribution in [0.25, 0.3) is 0 Å². The Morgan fingerprint density at radius 3 is 2.59 bits per heavy atom. The number of carbonyl (C=O) groups is 2. The first-order valence-electron chi connectivity index (χ1n) is 7.18. The zero-order valence-corrected chi connectivity index (χ0v) is 12.5. The molecule has 1 fully saturated rings. The number of rotatable bonds is 4. The van der Waals surface area contributed by atoms with Crippen LogP contribution in [-0.4, -0.2) is 22.0 Å². The summed E-state index contributed by atoms with van der Waals surface area (Å²) in [5.41, 5.74) is 0.340. The van der Waals surface area contributed by atoms with E-state index >= 15 is 0 Å². The van der Waals surface area contributed by atoms with Crippen molar-refractivity contribution in [1.82, 2.24) is 15.4 Å². The van der Waals surface area contributed by atoms with Crippen LogP contribution in [0.5, 0.6) is 0 Å². The Bertz CT molecular complexity index is 710. The average molecular weight is 299 g/mol. The first-order chi connectivity index (χ1) is 10.6. The third kappa shape index (κ3) is 2.16. The Hall–Kier alpha value is -2.63. The van der Waals surface area contributed by atoms with Gasteiger partial charge in [0.2, 0.25) is 0 Å². The Kier molecular flexibility index (Phi) is 3.44. The van der Waals surface area contributed by atoms with E-state index in [4.69, 9.17) is 4.52 Å². The van der Waals surface area contributed by atoms with Crippen LogP contribution in [0.1, 0.15) is 30.4 Å². The topological polar surface area (TPSA) is 75.4 Å². The molecule has 1 N–H and O–H groups in total. The summed E-state index contributed by atoms with van der Waals surface area (Å²) in [6.45, 7) is 3.76. The number of hydrogen-bond acceptors (Lipinski definition) is 4. The van der Waals surface area contributed by atoms with Crippen molar-refractivity contribution < 1.29 is 14.1 Å². The highest BCUT2D eigenvalue weighted by Crippen LogP contribution is 2.32. The van der Waals surface area contributed by atoms with Gasteiger partial charge in [-0.25, -0.2) is 4.79 Å². The van der Waals surface area contributed by atoms with E-state index in [0.29, 0.717) is 17.9 Å². The van der Waals surface area contributed by atoms with Crippen LogP contribution in [0.4, 0.5) is 4.79 Å². The lowest BCUT2D eigenvalue weighted by molar-refractivity contribution is -0.132. The molecule has 1 saturated heterocycles. The van der Waals surface area contributed by atoms with Crippen LogP contribution in [0.3, 0.4) is 0 Å². The molecule has 6 heteroatoms. The minimum Gasteiger partial charge on any atom is -0.361 e. The maximum absolute atomic E-state index is 12.9. The standard InChI is InChI=1S/C16H17N3O3/c1-3-16(12-7-5-4-6-8-12)14(20)19(15(21)17-16)10-13-9-11(2)22-18-13/h4-9H,3,10H2,1-2H3,(H,17,21). The fourth-order valence-electron chi connectivity index (χ4n) is 2.79. The van der Waals surface area contributed by atoms with E-state index in [1.165, 1.54) is 4.90 Å². The Morgan fingerprint density at radius 2 is 2.00 bits per heavy atom. The molecule has 0 bridgehead atoms. The van der Waals surface area contributed by atoms with Crippen LogP contribution < -0.4 is 5.32 Å². The van der Waals surface area contributed by atoms with Gasteiger partial charge in [0.1, 0.15) is 17.0 Å². The SMILES string of the molecule is CCC1(c2ccccc2)NC(=O)N(Cc2cc(C)on2)C1=O. The lowest BCUT2D eigenvalue weighted by Crippen LogP contribution is -2.43. The summed E-state index contributed by atoms with van der Waals surface area (Å²) in [7, 11) is 0. The van der Waals surface area contributed by atoms with Gasteiger partial charge < -0.3 is 9.84 Å². The van der Waals surface area contributed by atoms with Gasteiger partial charge in [-0.05, 0) is 18.9 Å². The van der Waals surface area contributed by atoms with E-state index in [-0.39, 0.29) is 12.5 Å². The molecule has 0 saturated carbocycles. The first-order valence-corrected chi connectivity index (χ1v) is 7.18. The molecule has 1 aliphatic rings. The fraction of sp³-hybridized carbons (Fsp3) is 0.312. The lowest BCUT2D eigenvalue weighted by Gasteiger charge is -2.25. The summed E-state index contributed by atoms with van der Waals surface area (Å²) in [5.74, 6) is 0.388. The molecule has 1 aromatic heterocycles. The van der Waals surface area contributed by atoms with Crippen molar-refractivity contribution in [3.05, 3.63) is 53.4 Å². The predicted octanol–water partition coefficient (Wildman–Crippen LogP) is 2.34. The van der Waals surface area contributed by atoms with Crippen molar-refractivity contribution in [2.45, 2.75) is 32.4 Å². The smallest absolute Gasteiger partial charge is 0.325 e. The van der Waals surface area contributed by atoms with Gasteiger partial charge in [-0.2, -0.15) is 0 Å². The summed E-state index contributed by atoms with van der Waals surface area (Å²) in [5, 5.41) is 6.68. The third-order valence-corrected chi connectivity index (χ3v) is 3.97. The van der Waals surface area contributed by atoms with E-state index in [1.54, 1.807) is 13.0 Å². The van der Waals surface area contributed by atoms with E-state index in [2.05, 4.69) is 10.5 Å². The summed E-state index contributed by atoms with van der Waals surface area (Å²) in [6, 6.07) is 10.6. The van der Waals surface area contributed by atoms with Crippen LogP contribution >= 0.6 is 0 Å². The van der Waals surface area contributed by atoms with Gasteiger partial charge in [0.15, 0.2) is 0 Å². The highest BCUT2D eigenvalue weighted by molar-refractivity contribution is 6.07. The summed E-state index contributed by atoms with van der Waals surface area (Å²) in [6.07, 6.45) is 0.482. The van der Waals surface area contributed by atoms with Gasteiger partial charge in [0, 0.05) is 6.07 Å². The largest absolute Gasteiger partial charge is 0.361 e. The molecule has 3 amide bonds. The zero-order chi connectivity index (χ0) is 15.7. The van der Waals surface area contributed by atoms with E-state index in [9.17, 15) is 9.59 Å². The number of aryl methyl sites for hydroxylation is 1. The maximum atomic E-state index is 12.9. The third-order valence-electron chi connectivity index (χ3n) is 3.97. The minimum absolute atomic E-state index is 0.108. The number of hydrogen-bond donors (Lipinski definition) is 1. The molecule has 3 rings (SSSR count). The minimum atomic E-state index is -1.00. The molecule has 22 heavy (non-hydrogen) atoms. The number of nitrogens with one attached hydrogen (secondary N) is 1. The van der Waals surface area contributed by atoms with Crippen molar-refractivity contribution in [3.8, 4) is 0 Å². The van der Waals surface area contributed by atoms with Crippen molar-refractivity contribution in [2.24, 2.45) is 0 Å². The molecular formula is C16H17N3O3. The molecule has 2 heterocycles.